The molecule has 8 heteroatoms. The zero-order valence-electron chi connectivity index (χ0n) is 11.8. The molecule has 0 spiro atoms. The molecule has 1 unspecified atom stereocenters. The number of aryl methyl sites for hydroxylation is 1. The Balaban J connectivity index is 1.90. The number of hydrogen-bond donors (Lipinski definition) is 2. The summed E-state index contributed by atoms with van der Waals surface area (Å²) in [5.74, 6) is -0.401. The molecular weight excluding hydrogens is 272 g/mol. The van der Waals surface area contributed by atoms with E-state index in [-0.39, 0.29) is 0 Å². The molecule has 0 aromatic carbocycles. The first-order valence-corrected chi connectivity index (χ1v) is 6.49. The maximum Gasteiger partial charge on any atom is 0.306 e. The molecule has 0 aliphatic heterocycles. The number of aliphatic carboxylic acids is 1. The molecule has 2 rings (SSSR count). The number of hydrogen-bond acceptors (Lipinski definition) is 7. The molecule has 2 aromatic rings. The Morgan fingerprint density at radius 1 is 1.29 bits per heavy atom. The van der Waals surface area contributed by atoms with Gasteiger partial charge in [0.05, 0.1) is 5.92 Å². The van der Waals surface area contributed by atoms with Gasteiger partial charge < -0.3 is 10.4 Å². The molecular formula is C13H16N6O2. The van der Waals surface area contributed by atoms with Crippen LogP contribution in [0.3, 0.4) is 0 Å². The first-order chi connectivity index (χ1) is 10.0. The number of anilines is 1. The molecule has 0 saturated heterocycles. The average molecular weight is 288 g/mol. The van der Waals surface area contributed by atoms with Crippen LogP contribution in [-0.2, 0) is 17.8 Å². The van der Waals surface area contributed by atoms with Gasteiger partial charge in [0.15, 0.2) is 5.82 Å². The third kappa shape index (κ3) is 4.44. The highest BCUT2D eigenvalue weighted by Gasteiger charge is 2.12. The Morgan fingerprint density at radius 3 is 2.57 bits per heavy atom. The van der Waals surface area contributed by atoms with E-state index >= 15 is 0 Å². The van der Waals surface area contributed by atoms with Crippen LogP contribution < -0.4 is 5.32 Å². The predicted octanol–water partition coefficient (Wildman–Crippen LogP) is 0.845. The lowest BCUT2D eigenvalue weighted by Gasteiger charge is -2.07. The van der Waals surface area contributed by atoms with Crippen LogP contribution in [0.5, 0.6) is 0 Å². The molecule has 2 aromatic heterocycles. The van der Waals surface area contributed by atoms with Crippen molar-refractivity contribution in [3.8, 4) is 0 Å². The Hall–Kier alpha value is -2.64. The van der Waals surface area contributed by atoms with Crippen molar-refractivity contribution >= 4 is 11.9 Å². The largest absolute Gasteiger partial charge is 0.481 e. The van der Waals surface area contributed by atoms with E-state index in [1.165, 1.54) is 0 Å². The number of carbonyl (C=O) groups is 1. The minimum Gasteiger partial charge on any atom is -0.481 e. The molecule has 2 heterocycles. The van der Waals surface area contributed by atoms with Gasteiger partial charge in [0.25, 0.3) is 5.95 Å². The molecule has 0 bridgehead atoms. The zero-order valence-corrected chi connectivity index (χ0v) is 11.8. The summed E-state index contributed by atoms with van der Waals surface area (Å²) in [6.45, 7) is 3.87. The second-order valence-electron chi connectivity index (χ2n) is 4.73. The standard InChI is InChI=1S/C13H16N6O2/c1-8(12(20)21)5-11-4-3-10(6-14-11)7-15-13-18-16-9(2)17-19-13/h3-4,6,8H,5,7H2,1-2H3,(H,20,21)(H,15,18,19). The van der Waals surface area contributed by atoms with Crippen LogP contribution in [0.4, 0.5) is 5.95 Å². The number of nitrogens with zero attached hydrogens (tertiary/aromatic N) is 5. The van der Waals surface area contributed by atoms with E-state index in [0.717, 1.165) is 11.3 Å². The van der Waals surface area contributed by atoms with Crippen molar-refractivity contribution in [1.29, 1.82) is 0 Å². The van der Waals surface area contributed by atoms with Crippen molar-refractivity contribution in [1.82, 2.24) is 25.4 Å². The smallest absolute Gasteiger partial charge is 0.306 e. The van der Waals surface area contributed by atoms with Gasteiger partial charge in [0.2, 0.25) is 0 Å². The summed E-state index contributed by atoms with van der Waals surface area (Å²) in [5, 5.41) is 27.1. The molecule has 0 aliphatic carbocycles. The van der Waals surface area contributed by atoms with Crippen molar-refractivity contribution < 1.29 is 9.90 Å². The lowest BCUT2D eigenvalue weighted by Crippen LogP contribution is -2.13. The topological polar surface area (TPSA) is 114 Å². The maximum absolute atomic E-state index is 10.8. The van der Waals surface area contributed by atoms with Crippen LogP contribution in [0.1, 0.15) is 24.0 Å². The summed E-state index contributed by atoms with van der Waals surface area (Å²) in [7, 11) is 0. The Bertz CT molecular complexity index is 599. The van der Waals surface area contributed by atoms with Gasteiger partial charge in [-0.3, -0.25) is 9.78 Å². The van der Waals surface area contributed by atoms with Crippen LogP contribution in [0.25, 0.3) is 0 Å². The second-order valence-corrected chi connectivity index (χ2v) is 4.73. The average Bonchev–Trinajstić information content (AvgIpc) is 2.48. The van der Waals surface area contributed by atoms with Crippen molar-refractivity contribution in [3.63, 3.8) is 0 Å². The fraction of sp³-hybridized carbons (Fsp3) is 0.385. The van der Waals surface area contributed by atoms with Crippen LogP contribution in [0.15, 0.2) is 18.3 Å². The number of aromatic nitrogens is 5. The Labute approximate surface area is 121 Å². The van der Waals surface area contributed by atoms with Gasteiger partial charge in [-0.15, -0.1) is 20.4 Å². The first kappa shape index (κ1) is 14.8. The number of nitrogens with one attached hydrogen (secondary N) is 1. The Morgan fingerprint density at radius 2 is 2.00 bits per heavy atom. The van der Waals surface area contributed by atoms with Crippen LogP contribution >= 0.6 is 0 Å². The molecule has 0 amide bonds. The van der Waals surface area contributed by atoms with Gasteiger partial charge in [0.1, 0.15) is 0 Å². The molecule has 0 saturated carbocycles. The lowest BCUT2D eigenvalue weighted by molar-refractivity contribution is -0.141. The Kier molecular flexibility index (Phi) is 4.70. The molecule has 8 nitrogen and oxygen atoms in total. The number of carboxylic acids is 1. The van der Waals surface area contributed by atoms with E-state index in [4.69, 9.17) is 5.11 Å². The third-order valence-corrected chi connectivity index (χ3v) is 2.85. The molecule has 2 N–H and O–H groups in total. The number of rotatable bonds is 6. The minimum atomic E-state index is -0.820. The van der Waals surface area contributed by atoms with Crippen molar-refractivity contribution in [2.75, 3.05) is 5.32 Å². The summed E-state index contributed by atoms with van der Waals surface area (Å²) >= 11 is 0. The number of carboxylic acid groups (broad SMARTS) is 1. The van der Waals surface area contributed by atoms with Gasteiger partial charge in [0, 0.05) is 24.9 Å². The van der Waals surface area contributed by atoms with Crippen LogP contribution in [0, 0.1) is 12.8 Å². The second kappa shape index (κ2) is 6.69. The van der Waals surface area contributed by atoms with E-state index in [9.17, 15) is 4.79 Å². The van der Waals surface area contributed by atoms with E-state index in [1.54, 1.807) is 20.0 Å². The molecule has 0 radical (unpaired) electrons. The maximum atomic E-state index is 10.8. The van der Waals surface area contributed by atoms with E-state index in [2.05, 4.69) is 30.7 Å². The minimum absolute atomic E-state index is 0.351. The normalized spacial score (nSPS) is 11.9. The van der Waals surface area contributed by atoms with E-state index in [1.807, 2.05) is 12.1 Å². The van der Waals surface area contributed by atoms with Crippen LogP contribution in [0.2, 0.25) is 0 Å². The summed E-state index contributed by atoms with van der Waals surface area (Å²) < 4.78 is 0. The fourth-order valence-electron chi connectivity index (χ4n) is 1.61. The lowest BCUT2D eigenvalue weighted by atomic mass is 10.1. The summed E-state index contributed by atoms with van der Waals surface area (Å²) in [5.41, 5.74) is 1.69. The third-order valence-electron chi connectivity index (χ3n) is 2.85. The highest BCUT2D eigenvalue weighted by atomic mass is 16.4. The highest BCUT2D eigenvalue weighted by Crippen LogP contribution is 2.08. The van der Waals surface area contributed by atoms with Crippen molar-refractivity contribution in [2.24, 2.45) is 5.92 Å². The summed E-state index contributed by atoms with van der Waals surface area (Å²) in [6.07, 6.45) is 2.11. The SMILES string of the molecule is Cc1nnc(NCc2ccc(CC(C)C(=O)O)nc2)nn1. The number of pyridine rings is 1. The van der Waals surface area contributed by atoms with Gasteiger partial charge in [-0.05, 0) is 18.6 Å². The molecule has 21 heavy (non-hydrogen) atoms. The summed E-state index contributed by atoms with van der Waals surface area (Å²) in [6, 6.07) is 3.71. The van der Waals surface area contributed by atoms with E-state index < -0.39 is 11.9 Å². The van der Waals surface area contributed by atoms with Gasteiger partial charge >= 0.3 is 5.97 Å². The molecule has 1 atom stereocenters. The van der Waals surface area contributed by atoms with Gasteiger partial charge in [-0.2, -0.15) is 0 Å². The quantitative estimate of drug-likeness (QED) is 0.804. The monoisotopic (exact) mass is 288 g/mol. The first-order valence-electron chi connectivity index (χ1n) is 6.49. The van der Waals surface area contributed by atoms with Crippen molar-refractivity contribution in [2.45, 2.75) is 26.8 Å². The molecule has 0 fully saturated rings. The highest BCUT2D eigenvalue weighted by molar-refractivity contribution is 5.69. The fourth-order valence-corrected chi connectivity index (χ4v) is 1.61. The summed E-state index contributed by atoms with van der Waals surface area (Å²) in [4.78, 5) is 15.0. The zero-order chi connectivity index (χ0) is 15.2. The van der Waals surface area contributed by atoms with Gasteiger partial charge in [-0.25, -0.2) is 0 Å². The van der Waals surface area contributed by atoms with Crippen LogP contribution in [-0.4, -0.2) is 36.5 Å². The predicted molar refractivity (Wildman–Crippen MR) is 74.4 cm³/mol. The van der Waals surface area contributed by atoms with Crippen molar-refractivity contribution in [3.05, 3.63) is 35.4 Å². The van der Waals surface area contributed by atoms with E-state index in [0.29, 0.717) is 24.7 Å². The molecule has 0 aliphatic rings. The van der Waals surface area contributed by atoms with Gasteiger partial charge in [-0.1, -0.05) is 13.0 Å². The molecule has 110 valence electrons.